The maximum atomic E-state index is 12.8. The predicted molar refractivity (Wildman–Crippen MR) is 101 cm³/mol. The number of halogens is 3. The van der Waals surface area contributed by atoms with Crippen molar-refractivity contribution in [1.82, 2.24) is 15.2 Å². The van der Waals surface area contributed by atoms with Crippen molar-refractivity contribution in [1.29, 1.82) is 0 Å². The lowest BCUT2D eigenvalue weighted by Gasteiger charge is -2.20. The molecule has 0 fully saturated rings. The molecule has 1 aromatic carbocycles. The Morgan fingerprint density at radius 1 is 1.30 bits per heavy atom. The van der Waals surface area contributed by atoms with Crippen molar-refractivity contribution >= 4 is 11.8 Å². The molecule has 0 unspecified atom stereocenters. The maximum absolute atomic E-state index is 12.8. The van der Waals surface area contributed by atoms with Gasteiger partial charge in [0.05, 0.1) is 31.5 Å². The Morgan fingerprint density at radius 2 is 2.07 bits per heavy atom. The fourth-order valence-corrected chi connectivity index (χ4v) is 3.04. The molecule has 2 aromatic rings. The number of amides is 2. The highest BCUT2D eigenvalue weighted by atomic mass is 19.4. The number of nitrogens with one attached hydrogen (secondary N) is 1. The average molecular weight is 423 g/mol. The first-order chi connectivity index (χ1) is 14.2. The summed E-state index contributed by atoms with van der Waals surface area (Å²) in [5.74, 6) is 0.258. The first-order valence-corrected chi connectivity index (χ1v) is 9.08. The summed E-state index contributed by atoms with van der Waals surface area (Å²) in [7, 11) is 1.45. The molecule has 0 radical (unpaired) electrons. The number of nitrogens with zero attached hydrogens (tertiary/aromatic N) is 2. The highest BCUT2D eigenvalue weighted by molar-refractivity contribution is 5.84. The van der Waals surface area contributed by atoms with E-state index >= 15 is 0 Å². The van der Waals surface area contributed by atoms with Gasteiger partial charge in [-0.2, -0.15) is 13.2 Å². The standard InChI is InChI=1S/C20H20F3N3O4/c1-12(27)24-10-18(28)26-5-6-30-19-14(11-26)7-13(8-17(19)29-2)16-4-3-15(9-25-16)20(21,22)23/h3-4,7-9H,5-6,10-11H2,1-2H3,(H,24,27). The van der Waals surface area contributed by atoms with Crippen molar-refractivity contribution in [3.05, 3.63) is 41.6 Å². The van der Waals surface area contributed by atoms with E-state index in [0.29, 0.717) is 34.9 Å². The Morgan fingerprint density at radius 3 is 2.67 bits per heavy atom. The molecule has 0 saturated heterocycles. The number of methoxy groups -OCH3 is 1. The van der Waals surface area contributed by atoms with Gasteiger partial charge in [0.2, 0.25) is 11.8 Å². The van der Waals surface area contributed by atoms with Crippen LogP contribution in [0, 0.1) is 0 Å². The Labute approximate surface area is 170 Å². The molecule has 0 bridgehead atoms. The number of carbonyl (C=O) groups excluding carboxylic acids is 2. The highest BCUT2D eigenvalue weighted by Crippen LogP contribution is 2.38. The Hall–Kier alpha value is -3.30. The van der Waals surface area contributed by atoms with E-state index in [-0.39, 0.29) is 31.5 Å². The van der Waals surface area contributed by atoms with Crippen molar-refractivity contribution in [3.8, 4) is 22.8 Å². The molecule has 1 aromatic heterocycles. The van der Waals surface area contributed by atoms with Crippen LogP contribution in [0.4, 0.5) is 13.2 Å². The third kappa shape index (κ3) is 4.81. The fourth-order valence-electron chi connectivity index (χ4n) is 3.04. The summed E-state index contributed by atoms with van der Waals surface area (Å²) in [6.45, 7) is 1.92. The molecule has 3 rings (SSSR count). The summed E-state index contributed by atoms with van der Waals surface area (Å²) < 4.78 is 49.6. The second-order valence-corrected chi connectivity index (χ2v) is 6.67. The molecular weight excluding hydrogens is 403 g/mol. The Kier molecular flexibility index (Phi) is 6.14. The molecule has 7 nitrogen and oxygen atoms in total. The van der Waals surface area contributed by atoms with Crippen LogP contribution in [-0.4, -0.2) is 48.5 Å². The third-order valence-corrected chi connectivity index (χ3v) is 4.55. The van der Waals surface area contributed by atoms with E-state index in [1.807, 2.05) is 0 Å². The zero-order valence-corrected chi connectivity index (χ0v) is 16.4. The summed E-state index contributed by atoms with van der Waals surface area (Å²) in [4.78, 5) is 28.9. The quantitative estimate of drug-likeness (QED) is 0.818. The van der Waals surface area contributed by atoms with Crippen LogP contribution in [0.15, 0.2) is 30.5 Å². The molecular formula is C20H20F3N3O4. The normalized spacial score (nSPS) is 13.7. The van der Waals surface area contributed by atoms with Crippen molar-refractivity contribution in [2.24, 2.45) is 0 Å². The highest BCUT2D eigenvalue weighted by Gasteiger charge is 2.31. The molecule has 2 heterocycles. The molecule has 10 heteroatoms. The SMILES string of the molecule is COc1cc(-c2ccc(C(F)(F)F)cn2)cc2c1OCCN(C(=O)CNC(C)=O)C2. The summed E-state index contributed by atoms with van der Waals surface area (Å²) >= 11 is 0. The van der Waals surface area contributed by atoms with Gasteiger partial charge in [-0.1, -0.05) is 0 Å². The number of hydrogen-bond donors (Lipinski definition) is 1. The number of benzene rings is 1. The monoisotopic (exact) mass is 423 g/mol. The molecule has 30 heavy (non-hydrogen) atoms. The lowest BCUT2D eigenvalue weighted by atomic mass is 10.0. The minimum atomic E-state index is -4.47. The topological polar surface area (TPSA) is 80.8 Å². The number of pyridine rings is 1. The number of hydrogen-bond acceptors (Lipinski definition) is 5. The largest absolute Gasteiger partial charge is 0.493 e. The summed E-state index contributed by atoms with van der Waals surface area (Å²) in [6.07, 6.45) is -3.70. The second-order valence-electron chi connectivity index (χ2n) is 6.67. The van der Waals surface area contributed by atoms with Gasteiger partial charge < -0.3 is 19.7 Å². The maximum Gasteiger partial charge on any atom is 0.417 e. The van der Waals surface area contributed by atoms with Crippen molar-refractivity contribution in [2.75, 3.05) is 26.8 Å². The molecule has 1 aliphatic heterocycles. The van der Waals surface area contributed by atoms with Gasteiger partial charge in [0.1, 0.15) is 6.61 Å². The zero-order chi connectivity index (χ0) is 21.9. The lowest BCUT2D eigenvalue weighted by Crippen LogP contribution is -2.40. The van der Waals surface area contributed by atoms with Crippen LogP contribution in [0.2, 0.25) is 0 Å². The van der Waals surface area contributed by atoms with E-state index in [2.05, 4.69) is 10.3 Å². The van der Waals surface area contributed by atoms with Crippen LogP contribution in [0.5, 0.6) is 11.5 Å². The van der Waals surface area contributed by atoms with Gasteiger partial charge in [0.15, 0.2) is 11.5 Å². The fraction of sp³-hybridized carbons (Fsp3) is 0.350. The number of ether oxygens (including phenoxy) is 2. The first-order valence-electron chi connectivity index (χ1n) is 9.08. The van der Waals surface area contributed by atoms with Gasteiger partial charge in [0, 0.05) is 30.8 Å². The van der Waals surface area contributed by atoms with E-state index in [0.717, 1.165) is 12.3 Å². The van der Waals surface area contributed by atoms with Crippen LogP contribution in [-0.2, 0) is 22.3 Å². The van der Waals surface area contributed by atoms with Gasteiger partial charge in [-0.05, 0) is 24.3 Å². The van der Waals surface area contributed by atoms with Gasteiger partial charge in [-0.15, -0.1) is 0 Å². The van der Waals surface area contributed by atoms with Gasteiger partial charge in [-0.25, -0.2) is 0 Å². The van der Waals surface area contributed by atoms with Gasteiger partial charge >= 0.3 is 6.18 Å². The number of alkyl halides is 3. The van der Waals surface area contributed by atoms with Crippen molar-refractivity contribution in [3.63, 3.8) is 0 Å². The smallest absolute Gasteiger partial charge is 0.417 e. The van der Waals surface area contributed by atoms with Crippen LogP contribution in [0.3, 0.4) is 0 Å². The van der Waals surface area contributed by atoms with E-state index in [1.165, 1.54) is 25.0 Å². The first kappa shape index (κ1) is 21.4. The van der Waals surface area contributed by atoms with Gasteiger partial charge in [-0.3, -0.25) is 14.6 Å². The number of fused-ring (bicyclic) bond motifs is 1. The number of carbonyl (C=O) groups is 2. The van der Waals surface area contributed by atoms with E-state index in [9.17, 15) is 22.8 Å². The summed E-state index contributed by atoms with van der Waals surface area (Å²) in [5, 5.41) is 2.47. The van der Waals surface area contributed by atoms with Crippen LogP contribution in [0.25, 0.3) is 11.3 Å². The molecule has 1 N–H and O–H groups in total. The van der Waals surface area contributed by atoms with Crippen LogP contribution < -0.4 is 14.8 Å². The second kappa shape index (κ2) is 8.60. The molecule has 0 atom stereocenters. The van der Waals surface area contributed by atoms with Crippen molar-refractivity contribution in [2.45, 2.75) is 19.6 Å². The molecule has 0 saturated carbocycles. The molecule has 0 spiro atoms. The minimum absolute atomic E-state index is 0.137. The summed E-state index contributed by atoms with van der Waals surface area (Å²) in [6, 6.07) is 5.57. The van der Waals surface area contributed by atoms with E-state index in [4.69, 9.17) is 9.47 Å². The number of aromatic nitrogens is 1. The zero-order valence-electron chi connectivity index (χ0n) is 16.4. The molecule has 0 aliphatic carbocycles. The van der Waals surface area contributed by atoms with E-state index in [1.54, 1.807) is 12.1 Å². The molecule has 160 valence electrons. The van der Waals surface area contributed by atoms with Crippen LogP contribution >= 0.6 is 0 Å². The Balaban J connectivity index is 1.92. The third-order valence-electron chi connectivity index (χ3n) is 4.55. The van der Waals surface area contributed by atoms with E-state index < -0.39 is 11.7 Å². The lowest BCUT2D eigenvalue weighted by molar-refractivity contribution is -0.137. The summed E-state index contributed by atoms with van der Waals surface area (Å²) in [5.41, 5.74) is 0.634. The van der Waals surface area contributed by atoms with Crippen LogP contribution in [0.1, 0.15) is 18.1 Å². The predicted octanol–water partition coefficient (Wildman–Crippen LogP) is 2.63. The Bertz CT molecular complexity index is 946. The van der Waals surface area contributed by atoms with Gasteiger partial charge in [0.25, 0.3) is 0 Å². The minimum Gasteiger partial charge on any atom is -0.493 e. The molecule has 2 amide bonds. The number of rotatable bonds is 4. The average Bonchev–Trinajstić information content (AvgIpc) is 2.93. The van der Waals surface area contributed by atoms with Crippen molar-refractivity contribution < 1.29 is 32.2 Å². The molecule has 1 aliphatic rings.